The van der Waals surface area contributed by atoms with Crippen LogP contribution in [0.2, 0.25) is 0 Å². The van der Waals surface area contributed by atoms with Crippen molar-refractivity contribution in [3.63, 3.8) is 0 Å². The lowest BCUT2D eigenvalue weighted by Gasteiger charge is -2.32. The van der Waals surface area contributed by atoms with Gasteiger partial charge in [0.25, 0.3) is 0 Å². The van der Waals surface area contributed by atoms with Crippen molar-refractivity contribution in [1.29, 1.82) is 0 Å². The fourth-order valence-corrected chi connectivity index (χ4v) is 3.25. The predicted octanol–water partition coefficient (Wildman–Crippen LogP) is 3.50. The molecule has 3 rings (SSSR count). The van der Waals surface area contributed by atoms with Crippen molar-refractivity contribution in [2.24, 2.45) is 0 Å². The Bertz CT molecular complexity index is 487. The van der Waals surface area contributed by atoms with Crippen molar-refractivity contribution in [1.82, 2.24) is 0 Å². The summed E-state index contributed by atoms with van der Waals surface area (Å²) in [7, 11) is 0. The van der Waals surface area contributed by atoms with Gasteiger partial charge in [-0.25, -0.2) is 4.79 Å². The summed E-state index contributed by atoms with van der Waals surface area (Å²) in [6.07, 6.45) is 7.02. The lowest BCUT2D eigenvalue weighted by atomic mass is 9.82. The third-order valence-electron chi connectivity index (χ3n) is 4.18. The number of fused-ring (bicyclic) bond motifs is 1. The number of benzene rings is 1. The van der Waals surface area contributed by atoms with E-state index in [1.54, 1.807) is 6.07 Å². The predicted molar refractivity (Wildman–Crippen MR) is 72.5 cm³/mol. The summed E-state index contributed by atoms with van der Waals surface area (Å²) < 4.78 is 11.2. The first-order valence-corrected chi connectivity index (χ1v) is 7.21. The molecule has 0 saturated heterocycles. The molecule has 0 bridgehead atoms. The summed E-state index contributed by atoms with van der Waals surface area (Å²) in [5.41, 5.74) is 1.80. The number of ether oxygens (including phenoxy) is 2. The fraction of sp³-hybridized carbons (Fsp3) is 0.562. The summed E-state index contributed by atoms with van der Waals surface area (Å²) in [6, 6.07) is 5.67. The molecule has 0 atom stereocenters. The Morgan fingerprint density at radius 2 is 2.11 bits per heavy atom. The molecular weight excluding hydrogens is 240 g/mol. The van der Waals surface area contributed by atoms with Gasteiger partial charge in [0.15, 0.2) is 0 Å². The lowest BCUT2D eigenvalue weighted by molar-refractivity contribution is 0.0524. The smallest absolute Gasteiger partial charge is 0.338 e. The van der Waals surface area contributed by atoms with E-state index >= 15 is 0 Å². The van der Waals surface area contributed by atoms with Crippen LogP contribution in [0.5, 0.6) is 5.75 Å². The zero-order chi connectivity index (χ0) is 13.3. The van der Waals surface area contributed by atoms with E-state index in [1.807, 2.05) is 19.1 Å². The fourth-order valence-electron chi connectivity index (χ4n) is 3.25. The molecular formula is C16H20O3. The van der Waals surface area contributed by atoms with E-state index in [4.69, 9.17) is 9.47 Å². The highest BCUT2D eigenvalue weighted by atomic mass is 16.5. The molecule has 0 N–H and O–H groups in total. The van der Waals surface area contributed by atoms with Gasteiger partial charge < -0.3 is 9.47 Å². The second-order valence-electron chi connectivity index (χ2n) is 5.57. The van der Waals surface area contributed by atoms with E-state index < -0.39 is 0 Å². The monoisotopic (exact) mass is 260 g/mol. The molecule has 1 heterocycles. The van der Waals surface area contributed by atoms with Crippen LogP contribution in [0.4, 0.5) is 0 Å². The van der Waals surface area contributed by atoms with Crippen LogP contribution in [0.25, 0.3) is 0 Å². The van der Waals surface area contributed by atoms with E-state index in [-0.39, 0.29) is 11.6 Å². The van der Waals surface area contributed by atoms with Gasteiger partial charge in [-0.05, 0) is 56.4 Å². The molecule has 1 aromatic rings. The second kappa shape index (κ2) is 4.87. The first-order valence-electron chi connectivity index (χ1n) is 7.21. The zero-order valence-electron chi connectivity index (χ0n) is 11.4. The number of carbonyl (C=O) groups is 1. The van der Waals surface area contributed by atoms with Gasteiger partial charge in [0.05, 0.1) is 12.2 Å². The normalized spacial score (nSPS) is 19.8. The molecule has 2 aliphatic rings. The molecule has 1 aromatic carbocycles. The molecule has 1 fully saturated rings. The maximum Gasteiger partial charge on any atom is 0.338 e. The highest BCUT2D eigenvalue weighted by Crippen LogP contribution is 2.43. The third kappa shape index (κ3) is 2.34. The molecule has 0 aromatic heterocycles. The van der Waals surface area contributed by atoms with Crippen molar-refractivity contribution in [3.05, 3.63) is 29.3 Å². The van der Waals surface area contributed by atoms with Gasteiger partial charge in [0, 0.05) is 6.42 Å². The van der Waals surface area contributed by atoms with E-state index in [9.17, 15) is 4.79 Å². The van der Waals surface area contributed by atoms with Crippen molar-refractivity contribution < 1.29 is 14.3 Å². The first kappa shape index (κ1) is 12.5. The van der Waals surface area contributed by atoms with Crippen LogP contribution in [0.1, 0.15) is 54.9 Å². The molecule has 0 unspecified atom stereocenters. The van der Waals surface area contributed by atoms with Crippen LogP contribution >= 0.6 is 0 Å². The number of hydrogen-bond acceptors (Lipinski definition) is 3. The number of carbonyl (C=O) groups excluding carboxylic acids is 1. The molecule has 3 heteroatoms. The first-order chi connectivity index (χ1) is 9.22. The molecule has 102 valence electrons. The number of hydrogen-bond donors (Lipinski definition) is 0. The lowest BCUT2D eigenvalue weighted by Crippen LogP contribution is -2.36. The maximum absolute atomic E-state index is 11.7. The Balaban J connectivity index is 1.81. The highest BCUT2D eigenvalue weighted by Gasteiger charge is 2.40. The Hall–Kier alpha value is -1.51. The molecule has 19 heavy (non-hydrogen) atoms. The summed E-state index contributed by atoms with van der Waals surface area (Å²) in [5.74, 6) is 0.713. The Kier molecular flexibility index (Phi) is 3.21. The van der Waals surface area contributed by atoms with Gasteiger partial charge in [-0.3, -0.25) is 0 Å². The van der Waals surface area contributed by atoms with Crippen molar-refractivity contribution in [2.75, 3.05) is 6.61 Å². The molecule has 1 aliphatic heterocycles. The Morgan fingerprint density at radius 3 is 2.84 bits per heavy atom. The molecule has 0 amide bonds. The van der Waals surface area contributed by atoms with E-state index in [2.05, 4.69) is 0 Å². The minimum absolute atomic E-state index is 0.00781. The van der Waals surface area contributed by atoms with Crippen molar-refractivity contribution in [2.45, 2.75) is 51.0 Å². The van der Waals surface area contributed by atoms with Crippen molar-refractivity contribution in [3.8, 4) is 5.75 Å². The summed E-state index contributed by atoms with van der Waals surface area (Å²) >= 11 is 0. The minimum atomic E-state index is -0.241. The summed E-state index contributed by atoms with van der Waals surface area (Å²) in [4.78, 5) is 11.7. The van der Waals surface area contributed by atoms with E-state index in [0.717, 1.165) is 30.6 Å². The van der Waals surface area contributed by atoms with Gasteiger partial charge in [-0.15, -0.1) is 0 Å². The summed E-state index contributed by atoms with van der Waals surface area (Å²) in [6.45, 7) is 2.24. The van der Waals surface area contributed by atoms with Crippen LogP contribution in [0.15, 0.2) is 18.2 Å². The van der Waals surface area contributed by atoms with Crippen LogP contribution in [-0.2, 0) is 11.2 Å². The number of rotatable bonds is 2. The number of esters is 1. The summed E-state index contributed by atoms with van der Waals surface area (Å²) in [5, 5.41) is 0. The standard InChI is InChI=1S/C16H20O3/c1-2-18-15(17)12-6-7-14-13(10-12)11-16(19-14)8-4-3-5-9-16/h6-7,10H,2-5,8-9,11H2,1H3. The largest absolute Gasteiger partial charge is 0.487 e. The van der Waals surface area contributed by atoms with Gasteiger partial charge in [0.2, 0.25) is 0 Å². The Labute approximate surface area is 113 Å². The zero-order valence-corrected chi connectivity index (χ0v) is 11.4. The Morgan fingerprint density at radius 1 is 1.32 bits per heavy atom. The van der Waals surface area contributed by atoms with Crippen LogP contribution in [0, 0.1) is 0 Å². The molecule has 0 radical (unpaired) electrons. The van der Waals surface area contributed by atoms with E-state index in [0.29, 0.717) is 12.2 Å². The van der Waals surface area contributed by atoms with Crippen LogP contribution in [0.3, 0.4) is 0 Å². The molecule has 1 spiro atoms. The maximum atomic E-state index is 11.7. The average molecular weight is 260 g/mol. The van der Waals surface area contributed by atoms with Gasteiger partial charge >= 0.3 is 5.97 Å². The van der Waals surface area contributed by atoms with E-state index in [1.165, 1.54) is 19.3 Å². The van der Waals surface area contributed by atoms with Gasteiger partial charge in [0.1, 0.15) is 11.4 Å². The van der Waals surface area contributed by atoms with Crippen LogP contribution in [-0.4, -0.2) is 18.2 Å². The molecule has 1 saturated carbocycles. The molecule has 1 aliphatic carbocycles. The van der Waals surface area contributed by atoms with Gasteiger partial charge in [-0.1, -0.05) is 6.42 Å². The van der Waals surface area contributed by atoms with Crippen LogP contribution < -0.4 is 4.74 Å². The SMILES string of the molecule is CCOC(=O)c1ccc2c(c1)CC1(CCCCC1)O2. The van der Waals surface area contributed by atoms with Crippen molar-refractivity contribution >= 4 is 5.97 Å². The topological polar surface area (TPSA) is 35.5 Å². The minimum Gasteiger partial charge on any atom is -0.487 e. The average Bonchev–Trinajstić information content (AvgIpc) is 2.76. The highest BCUT2D eigenvalue weighted by molar-refractivity contribution is 5.90. The van der Waals surface area contributed by atoms with Gasteiger partial charge in [-0.2, -0.15) is 0 Å². The third-order valence-corrected chi connectivity index (χ3v) is 4.18. The quantitative estimate of drug-likeness (QED) is 0.763. The molecule has 3 nitrogen and oxygen atoms in total. The second-order valence-corrected chi connectivity index (χ2v) is 5.57.